The molecule has 0 spiro atoms. The highest BCUT2D eigenvalue weighted by Gasteiger charge is 2.00. The average molecular weight is 161 g/mol. The minimum atomic E-state index is 0.0421. The summed E-state index contributed by atoms with van der Waals surface area (Å²) in [6, 6.07) is 3.44. The SMILES string of the molecule is CC(=O)c1ccn2ncnc2c1. The molecule has 0 atom stereocenters. The quantitative estimate of drug-likeness (QED) is 0.584. The first-order chi connectivity index (χ1) is 5.77. The maximum Gasteiger partial charge on any atom is 0.159 e. The van der Waals surface area contributed by atoms with Crippen molar-refractivity contribution in [1.29, 1.82) is 0 Å². The van der Waals surface area contributed by atoms with Gasteiger partial charge in [0.05, 0.1) is 0 Å². The van der Waals surface area contributed by atoms with Crippen LogP contribution < -0.4 is 0 Å². The molecule has 0 unspecified atom stereocenters. The Labute approximate surface area is 68.8 Å². The van der Waals surface area contributed by atoms with Gasteiger partial charge in [0.1, 0.15) is 6.33 Å². The van der Waals surface area contributed by atoms with E-state index >= 15 is 0 Å². The Morgan fingerprint density at radius 1 is 1.58 bits per heavy atom. The Morgan fingerprint density at radius 2 is 2.42 bits per heavy atom. The summed E-state index contributed by atoms with van der Waals surface area (Å²) in [5, 5.41) is 3.91. The van der Waals surface area contributed by atoms with Crippen LogP contribution in [0, 0.1) is 0 Å². The third-order valence-corrected chi connectivity index (χ3v) is 1.69. The molecule has 2 aromatic heterocycles. The summed E-state index contributed by atoms with van der Waals surface area (Å²) in [4.78, 5) is 14.9. The second kappa shape index (κ2) is 2.41. The maximum atomic E-state index is 11.0. The van der Waals surface area contributed by atoms with E-state index in [2.05, 4.69) is 10.1 Å². The molecule has 0 aromatic carbocycles. The Kier molecular flexibility index (Phi) is 1.40. The van der Waals surface area contributed by atoms with Gasteiger partial charge in [0, 0.05) is 11.8 Å². The zero-order chi connectivity index (χ0) is 8.55. The van der Waals surface area contributed by atoms with E-state index in [0.717, 1.165) is 0 Å². The van der Waals surface area contributed by atoms with E-state index in [1.165, 1.54) is 13.3 Å². The number of pyridine rings is 1. The largest absolute Gasteiger partial charge is 0.295 e. The lowest BCUT2D eigenvalue weighted by molar-refractivity contribution is 0.101. The fraction of sp³-hybridized carbons (Fsp3) is 0.125. The molecule has 0 radical (unpaired) electrons. The summed E-state index contributed by atoms with van der Waals surface area (Å²) in [5.74, 6) is 0.0421. The van der Waals surface area contributed by atoms with Gasteiger partial charge in [-0.2, -0.15) is 5.10 Å². The molecule has 4 nitrogen and oxygen atoms in total. The van der Waals surface area contributed by atoms with Crippen molar-refractivity contribution in [2.45, 2.75) is 6.92 Å². The molecular formula is C8H7N3O. The van der Waals surface area contributed by atoms with E-state index in [-0.39, 0.29) is 5.78 Å². The molecule has 2 heterocycles. The van der Waals surface area contributed by atoms with Crippen LogP contribution in [-0.4, -0.2) is 20.4 Å². The molecule has 0 amide bonds. The average Bonchev–Trinajstić information content (AvgIpc) is 2.49. The van der Waals surface area contributed by atoms with Gasteiger partial charge in [-0.05, 0) is 19.1 Å². The fourth-order valence-corrected chi connectivity index (χ4v) is 1.03. The molecule has 0 aliphatic heterocycles. The first kappa shape index (κ1) is 6.97. The van der Waals surface area contributed by atoms with Crippen molar-refractivity contribution in [3.63, 3.8) is 0 Å². The Balaban J connectivity index is 2.68. The zero-order valence-corrected chi connectivity index (χ0v) is 6.56. The fourth-order valence-electron chi connectivity index (χ4n) is 1.03. The standard InChI is InChI=1S/C8H7N3O/c1-6(12)7-2-3-11-8(4-7)9-5-10-11/h2-5H,1H3. The first-order valence-corrected chi connectivity index (χ1v) is 3.58. The van der Waals surface area contributed by atoms with E-state index in [9.17, 15) is 4.79 Å². The number of hydrogen-bond acceptors (Lipinski definition) is 3. The zero-order valence-electron chi connectivity index (χ0n) is 6.56. The van der Waals surface area contributed by atoms with Crippen molar-refractivity contribution in [1.82, 2.24) is 14.6 Å². The van der Waals surface area contributed by atoms with Crippen LogP contribution in [0.2, 0.25) is 0 Å². The highest BCUT2D eigenvalue weighted by Crippen LogP contribution is 2.03. The summed E-state index contributed by atoms with van der Waals surface area (Å²) in [6.45, 7) is 1.53. The molecule has 2 aromatic rings. The maximum absolute atomic E-state index is 11.0. The van der Waals surface area contributed by atoms with Gasteiger partial charge in [0.2, 0.25) is 0 Å². The molecule has 0 fully saturated rings. The predicted molar refractivity (Wildman–Crippen MR) is 43.0 cm³/mol. The van der Waals surface area contributed by atoms with Gasteiger partial charge in [0.15, 0.2) is 11.4 Å². The summed E-state index contributed by atoms with van der Waals surface area (Å²) in [6.07, 6.45) is 3.18. The molecule has 0 aliphatic rings. The van der Waals surface area contributed by atoms with Gasteiger partial charge in [0.25, 0.3) is 0 Å². The molecule has 0 saturated heterocycles. The van der Waals surface area contributed by atoms with Crippen LogP contribution in [-0.2, 0) is 0 Å². The molecule has 0 N–H and O–H groups in total. The lowest BCUT2D eigenvalue weighted by Crippen LogP contribution is -1.94. The molecule has 0 saturated carbocycles. The predicted octanol–water partition coefficient (Wildman–Crippen LogP) is 0.932. The summed E-state index contributed by atoms with van der Waals surface area (Å²) in [5.41, 5.74) is 1.36. The number of Topliss-reactive ketones (excluding diaryl/α,β-unsaturated/α-hetero) is 1. The van der Waals surface area contributed by atoms with Crippen LogP contribution in [0.3, 0.4) is 0 Å². The van der Waals surface area contributed by atoms with Gasteiger partial charge in [-0.15, -0.1) is 0 Å². The third-order valence-electron chi connectivity index (χ3n) is 1.69. The summed E-state index contributed by atoms with van der Waals surface area (Å²) >= 11 is 0. The second-order valence-electron chi connectivity index (χ2n) is 2.53. The van der Waals surface area contributed by atoms with Crippen molar-refractivity contribution >= 4 is 11.4 Å². The number of rotatable bonds is 1. The van der Waals surface area contributed by atoms with Gasteiger partial charge in [-0.3, -0.25) is 4.79 Å². The van der Waals surface area contributed by atoms with Crippen molar-refractivity contribution in [2.75, 3.05) is 0 Å². The smallest absolute Gasteiger partial charge is 0.159 e. The van der Waals surface area contributed by atoms with Crippen molar-refractivity contribution < 1.29 is 4.79 Å². The number of carbonyl (C=O) groups excluding carboxylic acids is 1. The highest BCUT2D eigenvalue weighted by molar-refractivity contribution is 5.94. The number of hydrogen-bond donors (Lipinski definition) is 0. The second-order valence-corrected chi connectivity index (χ2v) is 2.53. The van der Waals surface area contributed by atoms with Crippen LogP contribution in [0.15, 0.2) is 24.7 Å². The summed E-state index contributed by atoms with van der Waals surface area (Å²) in [7, 11) is 0. The molecule has 0 bridgehead atoms. The van der Waals surface area contributed by atoms with Crippen LogP contribution >= 0.6 is 0 Å². The monoisotopic (exact) mass is 161 g/mol. The molecule has 12 heavy (non-hydrogen) atoms. The van der Waals surface area contributed by atoms with Crippen LogP contribution in [0.5, 0.6) is 0 Å². The lowest BCUT2D eigenvalue weighted by atomic mass is 10.2. The number of fused-ring (bicyclic) bond motifs is 1. The van der Waals surface area contributed by atoms with Crippen LogP contribution in [0.4, 0.5) is 0 Å². The minimum absolute atomic E-state index is 0.0421. The number of carbonyl (C=O) groups is 1. The molecular weight excluding hydrogens is 154 g/mol. The van der Waals surface area contributed by atoms with Gasteiger partial charge in [-0.1, -0.05) is 0 Å². The lowest BCUT2D eigenvalue weighted by Gasteiger charge is -1.94. The molecule has 0 aliphatic carbocycles. The van der Waals surface area contributed by atoms with E-state index in [1.807, 2.05) is 0 Å². The Bertz CT molecular complexity index is 433. The summed E-state index contributed by atoms with van der Waals surface area (Å²) < 4.78 is 1.62. The molecule has 2 rings (SSSR count). The van der Waals surface area contributed by atoms with Crippen molar-refractivity contribution in [3.8, 4) is 0 Å². The minimum Gasteiger partial charge on any atom is -0.295 e. The van der Waals surface area contributed by atoms with E-state index in [4.69, 9.17) is 0 Å². The highest BCUT2D eigenvalue weighted by atomic mass is 16.1. The van der Waals surface area contributed by atoms with Gasteiger partial charge in [-0.25, -0.2) is 9.50 Å². The normalized spacial score (nSPS) is 10.4. The molecule has 60 valence electrons. The number of aromatic nitrogens is 3. The van der Waals surface area contributed by atoms with Gasteiger partial charge < -0.3 is 0 Å². The number of ketones is 1. The van der Waals surface area contributed by atoms with Crippen LogP contribution in [0.1, 0.15) is 17.3 Å². The first-order valence-electron chi connectivity index (χ1n) is 3.58. The van der Waals surface area contributed by atoms with Crippen molar-refractivity contribution in [2.24, 2.45) is 0 Å². The third kappa shape index (κ3) is 0.972. The van der Waals surface area contributed by atoms with Crippen molar-refractivity contribution in [3.05, 3.63) is 30.2 Å². The Morgan fingerprint density at radius 3 is 3.17 bits per heavy atom. The topological polar surface area (TPSA) is 47.3 Å². The number of nitrogens with zero attached hydrogens (tertiary/aromatic N) is 3. The van der Waals surface area contributed by atoms with E-state index in [1.54, 1.807) is 22.8 Å². The van der Waals surface area contributed by atoms with E-state index < -0.39 is 0 Å². The Hall–Kier alpha value is -1.71. The van der Waals surface area contributed by atoms with Crippen LogP contribution in [0.25, 0.3) is 5.65 Å². The van der Waals surface area contributed by atoms with E-state index in [0.29, 0.717) is 11.2 Å². The van der Waals surface area contributed by atoms with Gasteiger partial charge >= 0.3 is 0 Å². The molecule has 4 heteroatoms.